The lowest BCUT2D eigenvalue weighted by Gasteiger charge is -2.29. The van der Waals surface area contributed by atoms with Gasteiger partial charge in [-0.2, -0.15) is 0 Å². The highest BCUT2D eigenvalue weighted by atomic mass is 19.1. The Balaban J connectivity index is 1.15. The van der Waals surface area contributed by atoms with Gasteiger partial charge in [-0.25, -0.2) is 8.78 Å². The summed E-state index contributed by atoms with van der Waals surface area (Å²) in [6.07, 6.45) is 10.5. The van der Waals surface area contributed by atoms with Crippen LogP contribution in [0.3, 0.4) is 0 Å². The van der Waals surface area contributed by atoms with Crippen LogP contribution in [0.15, 0.2) is 109 Å². The first kappa shape index (κ1) is 27.3. The number of rotatable bonds is 1. The minimum atomic E-state index is -0.515. The molecule has 2 atom stereocenters. The Hall–Kier alpha value is -4.82. The molecule has 2 unspecified atom stereocenters. The smallest absolute Gasteiger partial charge is 0.133 e. The molecule has 4 aliphatic rings. The molecule has 0 amide bonds. The Morgan fingerprint density at radius 1 is 0.723 bits per heavy atom. The van der Waals surface area contributed by atoms with Crippen molar-refractivity contribution in [3.05, 3.63) is 154 Å². The largest absolute Gasteiger partial charge is 0.207 e. The topological polar surface area (TPSA) is 0 Å². The summed E-state index contributed by atoms with van der Waals surface area (Å²) in [7, 11) is 0. The number of hydrogen-bond donors (Lipinski definition) is 0. The first-order valence-electron chi connectivity index (χ1n) is 16.7. The average Bonchev–Trinajstić information content (AvgIpc) is 3.48. The minimum absolute atomic E-state index is 0.00839. The van der Waals surface area contributed by atoms with E-state index >= 15 is 4.39 Å². The SMILES string of the molecule is CC(C)(C)c1cc2ccc3cc4c(c5ccc(c1)c2c35)-c1ccc(C2=C3C=CC=C5c6c(F)cc(F)cc6C(C=C2)C53)cc1C4(C)C. The second-order valence-corrected chi connectivity index (χ2v) is 15.6. The lowest BCUT2D eigenvalue weighted by molar-refractivity contribution is 0.578. The van der Waals surface area contributed by atoms with Crippen molar-refractivity contribution in [2.24, 2.45) is 5.92 Å². The van der Waals surface area contributed by atoms with Crippen molar-refractivity contribution < 1.29 is 8.78 Å². The predicted octanol–water partition coefficient (Wildman–Crippen LogP) is 12.2. The Morgan fingerprint density at radius 2 is 1.47 bits per heavy atom. The van der Waals surface area contributed by atoms with Crippen LogP contribution in [-0.4, -0.2) is 0 Å². The summed E-state index contributed by atoms with van der Waals surface area (Å²) in [6.45, 7) is 11.6. The average molecular weight is 613 g/mol. The summed E-state index contributed by atoms with van der Waals surface area (Å²) in [5.74, 6) is -1.06. The van der Waals surface area contributed by atoms with Gasteiger partial charge in [-0.15, -0.1) is 0 Å². The number of benzene rings is 6. The zero-order valence-corrected chi connectivity index (χ0v) is 27.2. The van der Waals surface area contributed by atoms with Gasteiger partial charge in [-0.1, -0.05) is 114 Å². The summed E-state index contributed by atoms with van der Waals surface area (Å²) in [5, 5.41) is 7.94. The molecule has 0 saturated heterocycles. The first-order chi connectivity index (χ1) is 22.5. The maximum Gasteiger partial charge on any atom is 0.133 e. The second-order valence-electron chi connectivity index (χ2n) is 15.6. The van der Waals surface area contributed by atoms with Gasteiger partial charge in [0.1, 0.15) is 11.6 Å². The third-order valence-electron chi connectivity index (χ3n) is 11.6. The zero-order chi connectivity index (χ0) is 32.1. The maximum atomic E-state index is 15.1. The van der Waals surface area contributed by atoms with Gasteiger partial charge in [-0.3, -0.25) is 0 Å². The molecule has 0 aliphatic heterocycles. The molecule has 0 bridgehead atoms. The molecule has 6 aromatic rings. The molecule has 0 saturated carbocycles. The van der Waals surface area contributed by atoms with Gasteiger partial charge in [0.05, 0.1) is 0 Å². The highest BCUT2D eigenvalue weighted by Gasteiger charge is 2.43. The number of allylic oxidation sites excluding steroid dienone is 8. The van der Waals surface area contributed by atoms with Gasteiger partial charge >= 0.3 is 0 Å². The molecule has 47 heavy (non-hydrogen) atoms. The van der Waals surface area contributed by atoms with E-state index in [0.717, 1.165) is 22.8 Å². The molecule has 0 spiro atoms. The zero-order valence-electron chi connectivity index (χ0n) is 27.2. The van der Waals surface area contributed by atoms with Gasteiger partial charge in [0.2, 0.25) is 0 Å². The molecule has 0 radical (unpaired) electrons. The molecule has 0 N–H and O–H groups in total. The molecule has 6 aromatic carbocycles. The van der Waals surface area contributed by atoms with Crippen LogP contribution in [0, 0.1) is 17.6 Å². The molecule has 4 aliphatic carbocycles. The van der Waals surface area contributed by atoms with E-state index in [9.17, 15) is 4.39 Å². The van der Waals surface area contributed by atoms with Crippen LogP contribution < -0.4 is 0 Å². The maximum absolute atomic E-state index is 15.1. The molecule has 228 valence electrons. The van der Waals surface area contributed by atoms with Crippen molar-refractivity contribution in [3.63, 3.8) is 0 Å². The van der Waals surface area contributed by atoms with Crippen molar-refractivity contribution in [1.29, 1.82) is 0 Å². The van der Waals surface area contributed by atoms with E-state index in [2.05, 4.69) is 114 Å². The molecule has 0 fully saturated rings. The van der Waals surface area contributed by atoms with Crippen molar-refractivity contribution in [1.82, 2.24) is 0 Å². The fraction of sp³-hybridized carbons (Fsp3) is 0.200. The van der Waals surface area contributed by atoms with Crippen LogP contribution in [-0.2, 0) is 10.8 Å². The van der Waals surface area contributed by atoms with Crippen LogP contribution in [0.5, 0.6) is 0 Å². The quantitative estimate of drug-likeness (QED) is 0.162. The fourth-order valence-corrected chi connectivity index (χ4v) is 9.33. The van der Waals surface area contributed by atoms with Crippen LogP contribution >= 0.6 is 0 Å². The third-order valence-corrected chi connectivity index (χ3v) is 11.6. The van der Waals surface area contributed by atoms with Crippen molar-refractivity contribution in [2.45, 2.75) is 51.4 Å². The summed E-state index contributed by atoms with van der Waals surface area (Å²) < 4.78 is 29.5. The van der Waals surface area contributed by atoms with Crippen molar-refractivity contribution >= 4 is 43.5 Å². The number of halogens is 2. The molecule has 0 nitrogen and oxygen atoms in total. The Morgan fingerprint density at radius 3 is 2.23 bits per heavy atom. The standard InChI is InChI=1S/C45H34F2/c1-44(2,3)27-17-24-9-10-26-20-37-42(34-14-12-25(18-27)39(24)40(26)34)32-13-11-23(19-36(32)45(37,4)5)29-15-16-31-35-21-28(46)22-38(47)43(35)33-8-6-7-30(29)41(31)33/h6-22,31,41H,1-5H3. The monoisotopic (exact) mass is 612 g/mol. The van der Waals surface area contributed by atoms with E-state index in [-0.39, 0.29) is 22.7 Å². The molecular formula is C45H34F2. The van der Waals surface area contributed by atoms with Gasteiger partial charge in [0.25, 0.3) is 0 Å². The predicted molar refractivity (Wildman–Crippen MR) is 192 cm³/mol. The molecule has 10 rings (SSSR count). The normalized spacial score (nSPS) is 20.3. The van der Waals surface area contributed by atoms with E-state index < -0.39 is 11.6 Å². The highest BCUT2D eigenvalue weighted by molar-refractivity contribution is 6.26. The first-order valence-corrected chi connectivity index (χ1v) is 16.7. The van der Waals surface area contributed by atoms with Gasteiger partial charge in [-0.05, 0) is 112 Å². The lowest BCUT2D eigenvalue weighted by Crippen LogP contribution is -2.16. The van der Waals surface area contributed by atoms with E-state index in [1.165, 1.54) is 77.3 Å². The minimum Gasteiger partial charge on any atom is -0.207 e. The van der Waals surface area contributed by atoms with E-state index in [1.807, 2.05) is 12.2 Å². The van der Waals surface area contributed by atoms with E-state index in [0.29, 0.717) is 5.56 Å². The Bertz CT molecular complexity index is 2520. The van der Waals surface area contributed by atoms with Crippen molar-refractivity contribution in [3.8, 4) is 11.1 Å². The highest BCUT2D eigenvalue weighted by Crippen LogP contribution is 2.58. The fourth-order valence-electron chi connectivity index (χ4n) is 9.33. The third kappa shape index (κ3) is 3.46. The van der Waals surface area contributed by atoms with E-state index in [1.54, 1.807) is 0 Å². The Kier molecular flexibility index (Phi) is 5.08. The molecule has 2 heteroatoms. The van der Waals surface area contributed by atoms with E-state index in [4.69, 9.17) is 0 Å². The summed E-state index contributed by atoms with van der Waals surface area (Å²) in [4.78, 5) is 0. The summed E-state index contributed by atoms with van der Waals surface area (Å²) >= 11 is 0. The van der Waals surface area contributed by atoms with Crippen LogP contribution in [0.2, 0.25) is 0 Å². The lowest BCUT2D eigenvalue weighted by atomic mass is 9.74. The molecular weight excluding hydrogens is 578 g/mol. The van der Waals surface area contributed by atoms with Gasteiger partial charge in [0, 0.05) is 28.9 Å². The van der Waals surface area contributed by atoms with Crippen LogP contribution in [0.1, 0.15) is 73.9 Å². The van der Waals surface area contributed by atoms with Crippen molar-refractivity contribution in [2.75, 3.05) is 0 Å². The van der Waals surface area contributed by atoms with Gasteiger partial charge < -0.3 is 0 Å². The summed E-state index contributed by atoms with van der Waals surface area (Å²) in [6, 6.07) is 26.0. The Labute approximate surface area is 273 Å². The second kappa shape index (κ2) is 8.75. The molecule has 0 aromatic heterocycles. The van der Waals surface area contributed by atoms with Crippen LogP contribution in [0.4, 0.5) is 8.78 Å². The van der Waals surface area contributed by atoms with Crippen LogP contribution in [0.25, 0.3) is 54.6 Å². The number of fused-ring (bicyclic) bond motifs is 7. The number of hydrogen-bond acceptors (Lipinski definition) is 0. The van der Waals surface area contributed by atoms with Gasteiger partial charge in [0.15, 0.2) is 0 Å². The molecule has 0 heterocycles. The summed E-state index contributed by atoms with van der Waals surface area (Å²) in [5.41, 5.74) is 12.4.